The Labute approximate surface area is 233 Å². The Morgan fingerprint density at radius 3 is 1.67 bits per heavy atom. The Hall–Kier alpha value is -1.02. The molecule has 1 N–H and O–H groups in total. The molecule has 0 spiro atoms. The molecule has 0 aliphatic rings. The van der Waals surface area contributed by atoms with E-state index in [1.807, 2.05) is 45.3 Å². The zero-order valence-corrected chi connectivity index (χ0v) is 24.8. The maximum absolute atomic E-state index is 9.24. The van der Waals surface area contributed by atoms with Gasteiger partial charge in [0.25, 0.3) is 0 Å². The van der Waals surface area contributed by atoms with Crippen molar-refractivity contribution < 1.29 is 9.84 Å². The molecule has 2 nitrogen and oxygen atoms in total. The molecular weight excluding hydrogens is 521 g/mol. The average Bonchev–Trinajstić information content (AvgIpc) is 3.68. The van der Waals surface area contributed by atoms with E-state index in [-0.39, 0.29) is 0 Å². The maximum Gasteiger partial charge on any atom is 0.0499 e. The van der Waals surface area contributed by atoms with E-state index in [1.54, 1.807) is 11.1 Å². The van der Waals surface area contributed by atoms with Gasteiger partial charge in [-0.3, -0.25) is 0 Å². The highest BCUT2D eigenvalue weighted by Gasteiger charge is 2.23. The molecule has 0 radical (unpaired) electrons. The number of unbranched alkanes of at least 4 members (excludes halogenated alkanes) is 7. The molecule has 0 unspecified atom stereocenters. The van der Waals surface area contributed by atoms with Crippen molar-refractivity contribution in [1.82, 2.24) is 0 Å². The van der Waals surface area contributed by atoms with Crippen LogP contribution >= 0.6 is 45.3 Å². The first-order valence-corrected chi connectivity index (χ1v) is 17.1. The van der Waals surface area contributed by atoms with Gasteiger partial charge in [-0.1, -0.05) is 51.2 Å². The molecule has 0 aromatic carbocycles. The fraction of sp³-hybridized carbons (Fsp3) is 0.533. The van der Waals surface area contributed by atoms with Crippen molar-refractivity contribution in [1.29, 1.82) is 0 Å². The molecule has 0 fully saturated rings. The Kier molecular flexibility index (Phi) is 12.0. The number of ether oxygens (including phenoxy) is 1. The van der Waals surface area contributed by atoms with Crippen LogP contribution in [0.25, 0.3) is 28.9 Å². The summed E-state index contributed by atoms with van der Waals surface area (Å²) in [5.74, 6) is 0. The second-order valence-electron chi connectivity index (χ2n) is 9.45. The SMILES string of the molecule is CCCCCCOCCCCCc1c(-c2cccs2)sc2c(CCCCCO)c(-c3cccs3)sc12. The minimum Gasteiger partial charge on any atom is -0.396 e. The largest absolute Gasteiger partial charge is 0.396 e. The standard InChI is InChI=1S/C30H40O2S4/c1-2-3-4-10-19-32-20-11-6-8-15-24-28(26-17-13-22-34-26)36-29-23(14-7-5-9-18-31)27(35-30(24)29)25-16-12-21-33-25/h12-13,16-17,21-22,31H,2-11,14-15,18-20H2,1H3. The summed E-state index contributed by atoms with van der Waals surface area (Å²) in [7, 11) is 0. The third kappa shape index (κ3) is 7.52. The van der Waals surface area contributed by atoms with E-state index in [4.69, 9.17) is 4.74 Å². The van der Waals surface area contributed by atoms with Crippen LogP contribution in [-0.4, -0.2) is 24.9 Å². The van der Waals surface area contributed by atoms with Crippen LogP contribution in [0.15, 0.2) is 35.0 Å². The Balaban J connectivity index is 1.48. The Morgan fingerprint density at radius 1 is 0.667 bits per heavy atom. The molecule has 0 aliphatic carbocycles. The van der Waals surface area contributed by atoms with Crippen molar-refractivity contribution >= 4 is 54.7 Å². The van der Waals surface area contributed by atoms with Gasteiger partial charge in [-0.2, -0.15) is 0 Å². The summed E-state index contributed by atoms with van der Waals surface area (Å²) in [6.07, 6.45) is 14.1. The predicted molar refractivity (Wildman–Crippen MR) is 163 cm³/mol. The zero-order valence-electron chi connectivity index (χ0n) is 21.6. The average molecular weight is 561 g/mol. The number of hydrogen-bond acceptors (Lipinski definition) is 6. The van der Waals surface area contributed by atoms with Crippen molar-refractivity contribution in [2.75, 3.05) is 19.8 Å². The molecule has 6 heteroatoms. The van der Waals surface area contributed by atoms with E-state index in [2.05, 4.69) is 41.9 Å². The monoisotopic (exact) mass is 560 g/mol. The molecule has 0 saturated carbocycles. The van der Waals surface area contributed by atoms with Crippen LogP contribution in [0.1, 0.15) is 82.3 Å². The number of hydrogen-bond donors (Lipinski definition) is 1. The van der Waals surface area contributed by atoms with E-state index in [1.165, 1.54) is 67.4 Å². The summed E-state index contributed by atoms with van der Waals surface area (Å²) in [6.45, 7) is 4.38. The quantitative estimate of drug-likeness (QED) is 0.123. The number of thiophene rings is 4. The van der Waals surface area contributed by atoms with Crippen molar-refractivity contribution in [3.05, 3.63) is 46.2 Å². The second kappa shape index (κ2) is 15.4. The van der Waals surface area contributed by atoms with Gasteiger partial charge in [0.2, 0.25) is 0 Å². The van der Waals surface area contributed by atoms with Gasteiger partial charge in [0.1, 0.15) is 0 Å². The fourth-order valence-corrected chi connectivity index (χ4v) is 9.48. The highest BCUT2D eigenvalue weighted by Crippen LogP contribution is 2.50. The van der Waals surface area contributed by atoms with Crippen LogP contribution in [0.3, 0.4) is 0 Å². The Bertz CT molecular complexity index is 1120. The normalized spacial score (nSPS) is 11.7. The van der Waals surface area contributed by atoms with E-state index >= 15 is 0 Å². The van der Waals surface area contributed by atoms with Crippen LogP contribution in [-0.2, 0) is 17.6 Å². The summed E-state index contributed by atoms with van der Waals surface area (Å²) in [4.78, 5) is 5.79. The minimum atomic E-state index is 0.298. The number of rotatable bonds is 18. The van der Waals surface area contributed by atoms with E-state index in [0.29, 0.717) is 6.61 Å². The summed E-state index contributed by atoms with van der Waals surface area (Å²) >= 11 is 7.77. The van der Waals surface area contributed by atoms with E-state index in [0.717, 1.165) is 51.7 Å². The topological polar surface area (TPSA) is 29.5 Å². The molecule has 4 rings (SSSR count). The first-order valence-electron chi connectivity index (χ1n) is 13.7. The van der Waals surface area contributed by atoms with Crippen molar-refractivity contribution in [3.63, 3.8) is 0 Å². The lowest BCUT2D eigenvalue weighted by molar-refractivity contribution is 0.126. The minimum absolute atomic E-state index is 0.298. The molecule has 36 heavy (non-hydrogen) atoms. The van der Waals surface area contributed by atoms with Gasteiger partial charge in [0.15, 0.2) is 0 Å². The van der Waals surface area contributed by atoms with Gasteiger partial charge in [-0.25, -0.2) is 0 Å². The fourth-order valence-electron chi connectivity index (χ4n) is 4.70. The zero-order chi connectivity index (χ0) is 25.0. The molecule has 0 amide bonds. The lowest BCUT2D eigenvalue weighted by Crippen LogP contribution is -1.97. The lowest BCUT2D eigenvalue weighted by Gasteiger charge is -2.06. The highest BCUT2D eigenvalue weighted by molar-refractivity contribution is 7.33. The van der Waals surface area contributed by atoms with Crippen LogP contribution < -0.4 is 0 Å². The molecule has 4 aromatic rings. The summed E-state index contributed by atoms with van der Waals surface area (Å²) < 4.78 is 8.92. The van der Waals surface area contributed by atoms with Crippen LogP contribution in [0.5, 0.6) is 0 Å². The molecule has 0 aliphatic heterocycles. The second-order valence-corrected chi connectivity index (χ2v) is 13.4. The van der Waals surface area contributed by atoms with Crippen molar-refractivity contribution in [3.8, 4) is 19.5 Å². The number of aryl methyl sites for hydroxylation is 2. The Morgan fingerprint density at radius 2 is 1.19 bits per heavy atom. The first kappa shape index (κ1) is 28.0. The van der Waals surface area contributed by atoms with Gasteiger partial charge in [0, 0.05) is 48.7 Å². The molecule has 0 bridgehead atoms. The van der Waals surface area contributed by atoms with Crippen molar-refractivity contribution in [2.24, 2.45) is 0 Å². The third-order valence-electron chi connectivity index (χ3n) is 6.64. The first-order chi connectivity index (χ1) is 17.8. The number of fused-ring (bicyclic) bond motifs is 1. The molecule has 4 heterocycles. The third-order valence-corrected chi connectivity index (χ3v) is 11.5. The van der Waals surface area contributed by atoms with Crippen LogP contribution in [0.2, 0.25) is 0 Å². The summed E-state index contributed by atoms with van der Waals surface area (Å²) in [5.41, 5.74) is 3.11. The molecule has 196 valence electrons. The van der Waals surface area contributed by atoms with E-state index < -0.39 is 0 Å². The van der Waals surface area contributed by atoms with Gasteiger partial charge >= 0.3 is 0 Å². The van der Waals surface area contributed by atoms with Gasteiger partial charge in [-0.05, 0) is 79.0 Å². The molecule has 0 saturated heterocycles. The predicted octanol–water partition coefficient (Wildman–Crippen LogP) is 10.4. The van der Waals surface area contributed by atoms with Gasteiger partial charge in [0.05, 0.1) is 0 Å². The van der Waals surface area contributed by atoms with Gasteiger partial charge in [-0.15, -0.1) is 45.3 Å². The molecule has 0 atom stereocenters. The van der Waals surface area contributed by atoms with E-state index in [9.17, 15) is 5.11 Å². The maximum atomic E-state index is 9.24. The summed E-state index contributed by atoms with van der Waals surface area (Å²) in [6, 6.07) is 8.92. The smallest absolute Gasteiger partial charge is 0.0499 e. The highest BCUT2D eigenvalue weighted by atomic mass is 32.1. The number of aliphatic hydroxyl groups excluding tert-OH is 1. The number of aliphatic hydroxyl groups is 1. The van der Waals surface area contributed by atoms with Gasteiger partial charge < -0.3 is 9.84 Å². The lowest BCUT2D eigenvalue weighted by atomic mass is 10.0. The van der Waals surface area contributed by atoms with Crippen molar-refractivity contribution in [2.45, 2.75) is 84.0 Å². The molecule has 4 aromatic heterocycles. The van der Waals surface area contributed by atoms with Crippen LogP contribution in [0, 0.1) is 0 Å². The van der Waals surface area contributed by atoms with Crippen LogP contribution in [0.4, 0.5) is 0 Å². The molecular formula is C30H40O2S4. The summed E-state index contributed by atoms with van der Waals surface area (Å²) in [5, 5.41) is 13.6.